The number of ether oxygens (including phenoxy) is 1. The van der Waals surface area contributed by atoms with E-state index in [1.807, 2.05) is 0 Å². The average molecular weight is 245 g/mol. The first kappa shape index (κ1) is 15.9. The van der Waals surface area contributed by atoms with E-state index in [4.69, 9.17) is 10.5 Å². The molecule has 0 aromatic carbocycles. The highest BCUT2D eigenvalue weighted by atomic mass is 16.5. The Morgan fingerprint density at radius 2 is 1.71 bits per heavy atom. The summed E-state index contributed by atoms with van der Waals surface area (Å²) in [4.78, 5) is 22.5. The van der Waals surface area contributed by atoms with Crippen molar-refractivity contribution in [2.24, 2.45) is 5.73 Å². The maximum atomic E-state index is 11.3. The van der Waals surface area contributed by atoms with E-state index in [-0.39, 0.29) is 11.8 Å². The first-order valence-electron chi connectivity index (χ1n) is 5.93. The summed E-state index contributed by atoms with van der Waals surface area (Å²) in [5.41, 5.74) is 5.32. The van der Waals surface area contributed by atoms with Gasteiger partial charge in [-0.3, -0.25) is 9.59 Å². The van der Waals surface area contributed by atoms with Crippen LogP contribution >= 0.6 is 0 Å². The standard InChI is InChI=1S/C11H23N3O3/c1-17-9-8-14-11(16)5-7-13-10(15)4-2-3-6-12/h2-9,12H2,1H3,(H,13,15)(H,14,16). The van der Waals surface area contributed by atoms with Crippen LogP contribution in [-0.2, 0) is 14.3 Å². The molecule has 6 heteroatoms. The van der Waals surface area contributed by atoms with Gasteiger partial charge in [-0.25, -0.2) is 0 Å². The topological polar surface area (TPSA) is 93.5 Å². The number of hydrogen-bond acceptors (Lipinski definition) is 4. The number of rotatable bonds is 10. The van der Waals surface area contributed by atoms with Crippen LogP contribution in [0.4, 0.5) is 0 Å². The number of carbonyl (C=O) groups is 2. The molecule has 0 fully saturated rings. The Morgan fingerprint density at radius 1 is 1.06 bits per heavy atom. The Labute approximate surface area is 102 Å². The van der Waals surface area contributed by atoms with Crippen LogP contribution < -0.4 is 16.4 Å². The van der Waals surface area contributed by atoms with Crippen LogP contribution in [0.2, 0.25) is 0 Å². The molecule has 0 aliphatic carbocycles. The molecule has 0 atom stereocenters. The van der Waals surface area contributed by atoms with Crippen LogP contribution in [0.1, 0.15) is 25.7 Å². The fourth-order valence-corrected chi connectivity index (χ4v) is 1.21. The predicted octanol–water partition coefficient (Wildman–Crippen LogP) is -0.616. The lowest BCUT2D eigenvalue weighted by molar-refractivity contribution is -0.122. The van der Waals surface area contributed by atoms with E-state index in [2.05, 4.69) is 10.6 Å². The number of unbranched alkanes of at least 4 members (excludes halogenated alkanes) is 1. The summed E-state index contributed by atoms with van der Waals surface area (Å²) < 4.78 is 4.80. The van der Waals surface area contributed by atoms with Crippen molar-refractivity contribution >= 4 is 11.8 Å². The number of amides is 2. The first-order chi connectivity index (χ1) is 8.20. The second-order valence-electron chi connectivity index (χ2n) is 3.69. The molecule has 2 amide bonds. The van der Waals surface area contributed by atoms with Gasteiger partial charge in [-0.05, 0) is 19.4 Å². The quantitative estimate of drug-likeness (QED) is 0.447. The lowest BCUT2D eigenvalue weighted by atomic mass is 10.2. The molecule has 0 aliphatic heterocycles. The van der Waals surface area contributed by atoms with Crippen molar-refractivity contribution in [2.45, 2.75) is 25.7 Å². The fourth-order valence-electron chi connectivity index (χ4n) is 1.21. The molecule has 0 aromatic rings. The molecule has 0 spiro atoms. The second-order valence-corrected chi connectivity index (χ2v) is 3.69. The van der Waals surface area contributed by atoms with Crippen LogP contribution in [0.15, 0.2) is 0 Å². The molecule has 6 nitrogen and oxygen atoms in total. The van der Waals surface area contributed by atoms with Gasteiger partial charge in [0, 0.05) is 33.0 Å². The van der Waals surface area contributed by atoms with Gasteiger partial charge in [0.15, 0.2) is 0 Å². The maximum Gasteiger partial charge on any atom is 0.221 e. The van der Waals surface area contributed by atoms with E-state index in [1.165, 1.54) is 0 Å². The summed E-state index contributed by atoms with van der Waals surface area (Å²) in [6.07, 6.45) is 2.42. The summed E-state index contributed by atoms with van der Waals surface area (Å²) in [5, 5.41) is 5.37. The Hall–Kier alpha value is -1.14. The SMILES string of the molecule is COCCNC(=O)CCNC(=O)CCCCN. The monoisotopic (exact) mass is 245 g/mol. The van der Waals surface area contributed by atoms with Crippen molar-refractivity contribution in [1.29, 1.82) is 0 Å². The number of methoxy groups -OCH3 is 1. The van der Waals surface area contributed by atoms with E-state index in [1.54, 1.807) is 7.11 Å². The van der Waals surface area contributed by atoms with Gasteiger partial charge in [0.25, 0.3) is 0 Å². The molecule has 0 aliphatic rings. The smallest absolute Gasteiger partial charge is 0.221 e. The lowest BCUT2D eigenvalue weighted by Gasteiger charge is -2.06. The summed E-state index contributed by atoms with van der Waals surface area (Å²) in [5.74, 6) is -0.104. The Bertz CT molecular complexity index is 200. The Morgan fingerprint density at radius 3 is 2.35 bits per heavy atom. The van der Waals surface area contributed by atoms with Gasteiger partial charge in [0.1, 0.15) is 0 Å². The van der Waals surface area contributed by atoms with Crippen molar-refractivity contribution in [3.05, 3.63) is 0 Å². The molecule has 0 saturated heterocycles. The van der Waals surface area contributed by atoms with E-state index in [9.17, 15) is 9.59 Å². The Balaban J connectivity index is 3.36. The van der Waals surface area contributed by atoms with Gasteiger partial charge in [-0.1, -0.05) is 0 Å². The third-order valence-electron chi connectivity index (χ3n) is 2.16. The van der Waals surface area contributed by atoms with Crippen molar-refractivity contribution in [1.82, 2.24) is 10.6 Å². The molecule has 17 heavy (non-hydrogen) atoms. The molecule has 0 bridgehead atoms. The molecular weight excluding hydrogens is 222 g/mol. The molecule has 0 rings (SSSR count). The lowest BCUT2D eigenvalue weighted by Crippen LogP contribution is -2.32. The summed E-state index contributed by atoms with van der Waals surface area (Å²) in [7, 11) is 1.58. The van der Waals surface area contributed by atoms with Gasteiger partial charge in [-0.15, -0.1) is 0 Å². The highest BCUT2D eigenvalue weighted by Gasteiger charge is 2.03. The van der Waals surface area contributed by atoms with Crippen LogP contribution in [0.5, 0.6) is 0 Å². The van der Waals surface area contributed by atoms with Gasteiger partial charge in [0.05, 0.1) is 6.61 Å². The van der Waals surface area contributed by atoms with Gasteiger partial charge >= 0.3 is 0 Å². The number of hydrogen-bond donors (Lipinski definition) is 3. The maximum absolute atomic E-state index is 11.3. The van der Waals surface area contributed by atoms with Gasteiger partial charge in [-0.2, -0.15) is 0 Å². The van der Waals surface area contributed by atoms with Crippen LogP contribution in [0, 0.1) is 0 Å². The molecule has 0 radical (unpaired) electrons. The van der Waals surface area contributed by atoms with Crippen LogP contribution in [-0.4, -0.2) is 45.2 Å². The van der Waals surface area contributed by atoms with Crippen LogP contribution in [0.3, 0.4) is 0 Å². The van der Waals surface area contributed by atoms with E-state index < -0.39 is 0 Å². The van der Waals surface area contributed by atoms with Crippen molar-refractivity contribution < 1.29 is 14.3 Å². The van der Waals surface area contributed by atoms with Crippen LogP contribution in [0.25, 0.3) is 0 Å². The zero-order valence-corrected chi connectivity index (χ0v) is 10.5. The minimum atomic E-state index is -0.0793. The molecule has 0 heterocycles. The highest BCUT2D eigenvalue weighted by molar-refractivity contribution is 5.78. The average Bonchev–Trinajstić information content (AvgIpc) is 2.30. The number of nitrogens with one attached hydrogen (secondary N) is 2. The zero-order chi connectivity index (χ0) is 12.9. The van der Waals surface area contributed by atoms with Crippen molar-refractivity contribution in [3.8, 4) is 0 Å². The second kappa shape index (κ2) is 11.3. The number of carbonyl (C=O) groups excluding carboxylic acids is 2. The third kappa shape index (κ3) is 11.1. The molecular formula is C11H23N3O3. The van der Waals surface area contributed by atoms with Crippen molar-refractivity contribution in [2.75, 3.05) is 33.4 Å². The summed E-state index contributed by atoms with van der Waals surface area (Å²) >= 11 is 0. The van der Waals surface area contributed by atoms with Gasteiger partial charge in [0.2, 0.25) is 11.8 Å². The predicted molar refractivity (Wildman–Crippen MR) is 65.4 cm³/mol. The molecule has 4 N–H and O–H groups in total. The van der Waals surface area contributed by atoms with Crippen molar-refractivity contribution in [3.63, 3.8) is 0 Å². The fraction of sp³-hybridized carbons (Fsp3) is 0.818. The first-order valence-corrected chi connectivity index (χ1v) is 5.93. The van der Waals surface area contributed by atoms with E-state index >= 15 is 0 Å². The Kier molecular flexibility index (Phi) is 10.6. The molecule has 100 valence electrons. The molecule has 0 aromatic heterocycles. The third-order valence-corrected chi connectivity index (χ3v) is 2.16. The normalized spacial score (nSPS) is 10.0. The molecule has 0 unspecified atom stereocenters. The highest BCUT2D eigenvalue weighted by Crippen LogP contribution is 1.92. The van der Waals surface area contributed by atoms with Gasteiger partial charge < -0.3 is 21.1 Å². The van der Waals surface area contributed by atoms with E-state index in [0.717, 1.165) is 12.8 Å². The minimum Gasteiger partial charge on any atom is -0.383 e. The zero-order valence-electron chi connectivity index (χ0n) is 10.5. The summed E-state index contributed by atoms with van der Waals surface area (Å²) in [6, 6.07) is 0. The number of nitrogens with two attached hydrogens (primary N) is 1. The minimum absolute atomic E-state index is 0.0249. The molecule has 0 saturated carbocycles. The summed E-state index contributed by atoms with van der Waals surface area (Å²) in [6.45, 7) is 1.98. The van der Waals surface area contributed by atoms with E-state index in [0.29, 0.717) is 39.1 Å². The largest absolute Gasteiger partial charge is 0.383 e.